The van der Waals surface area contributed by atoms with Gasteiger partial charge in [0.2, 0.25) is 11.8 Å². The number of fused-ring (bicyclic) bond motifs is 1. The number of nitrogens with one attached hydrogen (secondary N) is 3. The van der Waals surface area contributed by atoms with E-state index in [-0.39, 0.29) is 30.6 Å². The number of aldehydes is 1. The van der Waals surface area contributed by atoms with Gasteiger partial charge in [-0.3, -0.25) is 14.4 Å². The van der Waals surface area contributed by atoms with Gasteiger partial charge in [0.15, 0.2) is 0 Å². The van der Waals surface area contributed by atoms with Crippen molar-refractivity contribution in [1.82, 2.24) is 16.0 Å². The first-order chi connectivity index (χ1) is 17.0. The van der Waals surface area contributed by atoms with Crippen molar-refractivity contribution in [3.63, 3.8) is 0 Å². The third-order valence-corrected chi connectivity index (χ3v) is 6.35. The largest absolute Gasteiger partial charge is 0.356 e. The molecule has 1 heterocycles. The summed E-state index contributed by atoms with van der Waals surface area (Å²) >= 11 is 0. The monoisotopic (exact) mass is 471 g/mol. The normalized spacial score (nSPS) is 17.1. The van der Waals surface area contributed by atoms with Gasteiger partial charge in [-0.25, -0.2) is 0 Å². The van der Waals surface area contributed by atoms with Crippen molar-refractivity contribution in [2.24, 2.45) is 5.92 Å². The van der Waals surface area contributed by atoms with Crippen molar-refractivity contribution in [1.29, 1.82) is 0 Å². The fourth-order valence-corrected chi connectivity index (χ4v) is 4.43. The Morgan fingerprint density at radius 3 is 2.46 bits per heavy atom. The molecule has 180 valence electrons. The van der Waals surface area contributed by atoms with Gasteiger partial charge in [-0.1, -0.05) is 60.7 Å². The Balaban J connectivity index is 1.49. The molecular formula is C28H29N3O4. The number of amides is 3. The predicted octanol–water partition coefficient (Wildman–Crippen LogP) is 2.78. The highest BCUT2D eigenvalue weighted by atomic mass is 16.2. The van der Waals surface area contributed by atoms with Crippen LogP contribution in [0.3, 0.4) is 0 Å². The van der Waals surface area contributed by atoms with E-state index in [9.17, 15) is 19.2 Å². The van der Waals surface area contributed by atoms with Crippen LogP contribution < -0.4 is 16.0 Å². The fourth-order valence-electron chi connectivity index (χ4n) is 4.43. The molecule has 3 aromatic carbocycles. The first-order valence-corrected chi connectivity index (χ1v) is 11.9. The summed E-state index contributed by atoms with van der Waals surface area (Å²) in [5.41, 5.74) is 1.32. The SMILES string of the molecule is O=C[C@H](CC1CCCNC1=O)NC(=O)[C@H](Cc1ccccc1)NC(=O)c1ccc2ccccc2c1. The number of hydrogen-bond acceptors (Lipinski definition) is 4. The van der Waals surface area contributed by atoms with E-state index in [0.29, 0.717) is 24.8 Å². The molecule has 0 bridgehead atoms. The van der Waals surface area contributed by atoms with Gasteiger partial charge in [0, 0.05) is 24.4 Å². The molecule has 7 heteroatoms. The summed E-state index contributed by atoms with van der Waals surface area (Å²) in [5, 5.41) is 10.3. The molecule has 0 saturated carbocycles. The minimum Gasteiger partial charge on any atom is -0.356 e. The average molecular weight is 472 g/mol. The Labute approximate surface area is 204 Å². The number of piperidine rings is 1. The van der Waals surface area contributed by atoms with Crippen molar-refractivity contribution in [2.45, 2.75) is 37.8 Å². The third-order valence-electron chi connectivity index (χ3n) is 6.35. The van der Waals surface area contributed by atoms with Gasteiger partial charge in [-0.15, -0.1) is 0 Å². The molecule has 0 aliphatic carbocycles. The van der Waals surface area contributed by atoms with Crippen LogP contribution in [-0.2, 0) is 20.8 Å². The van der Waals surface area contributed by atoms with Gasteiger partial charge in [0.25, 0.3) is 5.91 Å². The van der Waals surface area contributed by atoms with Gasteiger partial charge < -0.3 is 20.7 Å². The first-order valence-electron chi connectivity index (χ1n) is 11.9. The van der Waals surface area contributed by atoms with E-state index < -0.39 is 18.0 Å². The second-order valence-electron chi connectivity index (χ2n) is 8.89. The molecule has 3 amide bonds. The summed E-state index contributed by atoms with van der Waals surface area (Å²) in [7, 11) is 0. The van der Waals surface area contributed by atoms with Gasteiger partial charge in [0.05, 0.1) is 6.04 Å². The Morgan fingerprint density at radius 2 is 1.71 bits per heavy atom. The summed E-state index contributed by atoms with van der Waals surface area (Å²) < 4.78 is 0. The lowest BCUT2D eigenvalue weighted by atomic mass is 9.92. The van der Waals surface area contributed by atoms with E-state index in [1.54, 1.807) is 12.1 Å². The Morgan fingerprint density at radius 1 is 0.971 bits per heavy atom. The molecule has 3 N–H and O–H groups in total. The summed E-state index contributed by atoms with van der Waals surface area (Å²) in [6.07, 6.45) is 2.68. The highest BCUT2D eigenvalue weighted by molar-refractivity contribution is 6.01. The zero-order valence-electron chi connectivity index (χ0n) is 19.4. The van der Waals surface area contributed by atoms with E-state index >= 15 is 0 Å². The summed E-state index contributed by atoms with van der Waals surface area (Å²) in [4.78, 5) is 50.2. The molecule has 35 heavy (non-hydrogen) atoms. The maximum Gasteiger partial charge on any atom is 0.251 e. The van der Waals surface area contributed by atoms with E-state index in [1.807, 2.05) is 60.7 Å². The zero-order valence-corrected chi connectivity index (χ0v) is 19.4. The van der Waals surface area contributed by atoms with E-state index in [1.165, 1.54) is 0 Å². The quantitative estimate of drug-likeness (QED) is 0.418. The Hall–Kier alpha value is -4.00. The maximum atomic E-state index is 13.2. The Kier molecular flexibility index (Phi) is 7.88. The lowest BCUT2D eigenvalue weighted by molar-refractivity contribution is -0.129. The van der Waals surface area contributed by atoms with Crippen LogP contribution in [0.4, 0.5) is 0 Å². The maximum absolute atomic E-state index is 13.2. The minimum absolute atomic E-state index is 0.0946. The molecule has 0 spiro atoms. The van der Waals surface area contributed by atoms with E-state index in [0.717, 1.165) is 22.8 Å². The van der Waals surface area contributed by atoms with Crippen LogP contribution in [-0.4, -0.2) is 42.6 Å². The van der Waals surface area contributed by atoms with Gasteiger partial charge in [-0.2, -0.15) is 0 Å². The van der Waals surface area contributed by atoms with Gasteiger partial charge >= 0.3 is 0 Å². The van der Waals surface area contributed by atoms with E-state index in [4.69, 9.17) is 0 Å². The third kappa shape index (κ3) is 6.32. The second kappa shape index (κ2) is 11.4. The number of hydrogen-bond donors (Lipinski definition) is 3. The van der Waals surface area contributed by atoms with E-state index in [2.05, 4.69) is 16.0 Å². The number of rotatable bonds is 9. The fraction of sp³-hybridized carbons (Fsp3) is 0.286. The molecule has 1 fully saturated rings. The first kappa shape index (κ1) is 24.1. The number of benzene rings is 3. The van der Waals surface area contributed by atoms with Crippen LogP contribution in [0.15, 0.2) is 72.8 Å². The molecule has 0 radical (unpaired) electrons. The van der Waals surface area contributed by atoms with Crippen molar-refractivity contribution < 1.29 is 19.2 Å². The van der Waals surface area contributed by atoms with Crippen LogP contribution >= 0.6 is 0 Å². The number of carbonyl (C=O) groups is 4. The molecule has 1 aliphatic heterocycles. The smallest absolute Gasteiger partial charge is 0.251 e. The molecule has 0 aromatic heterocycles. The average Bonchev–Trinajstić information content (AvgIpc) is 2.89. The number of carbonyl (C=O) groups excluding carboxylic acids is 4. The standard InChI is InChI=1S/C28H29N3O4/c32-18-24(17-22-11-6-14-29-26(22)33)30-28(35)25(15-19-7-2-1-3-8-19)31-27(34)23-13-12-20-9-4-5-10-21(20)16-23/h1-5,7-10,12-13,16,18,22,24-25H,6,11,14-15,17H2,(H,29,33)(H,30,35)(H,31,34)/t22?,24-,25-/m0/s1. The highest BCUT2D eigenvalue weighted by Gasteiger charge is 2.29. The lowest BCUT2D eigenvalue weighted by Crippen LogP contribution is -2.52. The Bertz CT molecular complexity index is 1210. The molecule has 1 aliphatic rings. The van der Waals surface area contributed by atoms with Crippen LogP contribution in [0.2, 0.25) is 0 Å². The topological polar surface area (TPSA) is 104 Å². The molecule has 1 unspecified atom stereocenters. The van der Waals surface area contributed by atoms with Crippen molar-refractivity contribution in [2.75, 3.05) is 6.54 Å². The summed E-state index contributed by atoms with van der Waals surface area (Å²) in [5.74, 6) is -1.25. The molecule has 1 saturated heterocycles. The van der Waals surface area contributed by atoms with Crippen LogP contribution in [0.25, 0.3) is 10.8 Å². The molecular weight excluding hydrogens is 442 g/mol. The zero-order chi connectivity index (χ0) is 24.6. The van der Waals surface area contributed by atoms with Crippen LogP contribution in [0.1, 0.15) is 35.2 Å². The van der Waals surface area contributed by atoms with Crippen LogP contribution in [0, 0.1) is 5.92 Å². The predicted molar refractivity (Wildman–Crippen MR) is 134 cm³/mol. The summed E-state index contributed by atoms with van der Waals surface area (Å²) in [6.45, 7) is 0.632. The minimum atomic E-state index is -0.890. The molecule has 4 rings (SSSR count). The summed E-state index contributed by atoms with van der Waals surface area (Å²) in [6, 6.07) is 20.8. The van der Waals surface area contributed by atoms with Gasteiger partial charge in [-0.05, 0) is 47.7 Å². The lowest BCUT2D eigenvalue weighted by Gasteiger charge is -2.26. The van der Waals surface area contributed by atoms with Gasteiger partial charge in [0.1, 0.15) is 12.3 Å². The van der Waals surface area contributed by atoms with Crippen molar-refractivity contribution in [3.05, 3.63) is 83.9 Å². The van der Waals surface area contributed by atoms with Crippen molar-refractivity contribution in [3.8, 4) is 0 Å². The molecule has 7 nitrogen and oxygen atoms in total. The molecule has 3 atom stereocenters. The van der Waals surface area contributed by atoms with Crippen LogP contribution in [0.5, 0.6) is 0 Å². The van der Waals surface area contributed by atoms with Crippen molar-refractivity contribution >= 4 is 34.8 Å². The highest BCUT2D eigenvalue weighted by Crippen LogP contribution is 2.18. The molecule has 3 aromatic rings. The second-order valence-corrected chi connectivity index (χ2v) is 8.89.